The number of benzene rings is 1. The molecule has 0 radical (unpaired) electrons. The van der Waals surface area contributed by atoms with Crippen molar-refractivity contribution in [3.8, 4) is 0 Å². The van der Waals surface area contributed by atoms with E-state index in [1.54, 1.807) is 0 Å². The molecule has 0 atom stereocenters. The molecule has 0 bridgehead atoms. The Labute approximate surface area is 107 Å². The van der Waals surface area contributed by atoms with Gasteiger partial charge in [-0.15, -0.1) is 11.6 Å². The molecule has 0 aromatic heterocycles. The molecule has 1 aromatic carbocycles. The van der Waals surface area contributed by atoms with Crippen molar-refractivity contribution in [2.75, 3.05) is 5.88 Å². The number of nitrogens with zero attached hydrogens (tertiary/aromatic N) is 1. The molecule has 0 saturated carbocycles. The number of hydrogen-bond acceptors (Lipinski definition) is 2. The minimum Gasteiger partial charge on any atom is -0.386 e. The second-order valence-corrected chi connectivity index (χ2v) is 3.82. The van der Waals surface area contributed by atoms with Gasteiger partial charge in [0.1, 0.15) is 5.84 Å². The number of amidine groups is 1. The van der Waals surface area contributed by atoms with E-state index in [1.165, 1.54) is 6.07 Å². The Morgan fingerprint density at radius 2 is 2.06 bits per heavy atom. The third-order valence-electron chi connectivity index (χ3n) is 1.98. The largest absolute Gasteiger partial charge is 0.416 e. The van der Waals surface area contributed by atoms with E-state index >= 15 is 0 Å². The van der Waals surface area contributed by atoms with E-state index in [-0.39, 0.29) is 23.2 Å². The van der Waals surface area contributed by atoms with Crippen LogP contribution in [0, 0.1) is 0 Å². The zero-order chi connectivity index (χ0) is 13.1. The van der Waals surface area contributed by atoms with Crippen LogP contribution in [0.1, 0.15) is 11.1 Å². The summed E-state index contributed by atoms with van der Waals surface area (Å²) in [5.74, 6) is 0.295. The van der Waals surface area contributed by atoms with E-state index < -0.39 is 11.7 Å². The highest BCUT2D eigenvalue weighted by Gasteiger charge is 2.30. The lowest BCUT2D eigenvalue weighted by Crippen LogP contribution is -2.12. The monoisotopic (exact) mass is 282 g/mol. The SMILES string of the molecule is NC(CCl)=Nc1cc(C(F)(F)F)ccc1CS. The predicted octanol–water partition coefficient (Wildman–Crippen LogP) is 3.36. The van der Waals surface area contributed by atoms with Crippen molar-refractivity contribution in [3.63, 3.8) is 0 Å². The normalized spacial score (nSPS) is 12.9. The van der Waals surface area contributed by atoms with Crippen LogP contribution in [0.5, 0.6) is 0 Å². The van der Waals surface area contributed by atoms with Crippen molar-refractivity contribution in [2.24, 2.45) is 10.7 Å². The summed E-state index contributed by atoms with van der Waals surface area (Å²) in [7, 11) is 0. The zero-order valence-electron chi connectivity index (χ0n) is 8.63. The predicted molar refractivity (Wildman–Crippen MR) is 66.1 cm³/mol. The second kappa shape index (κ2) is 5.64. The molecule has 17 heavy (non-hydrogen) atoms. The lowest BCUT2D eigenvalue weighted by molar-refractivity contribution is -0.137. The average molecular weight is 283 g/mol. The van der Waals surface area contributed by atoms with E-state index in [0.29, 0.717) is 5.56 Å². The van der Waals surface area contributed by atoms with Gasteiger partial charge < -0.3 is 5.73 Å². The highest BCUT2D eigenvalue weighted by Crippen LogP contribution is 2.33. The molecule has 0 aliphatic carbocycles. The molecule has 0 aliphatic rings. The number of aliphatic imine (C=N–C) groups is 1. The van der Waals surface area contributed by atoms with Gasteiger partial charge in [0.2, 0.25) is 0 Å². The van der Waals surface area contributed by atoms with Gasteiger partial charge >= 0.3 is 6.18 Å². The van der Waals surface area contributed by atoms with Gasteiger partial charge in [0.15, 0.2) is 0 Å². The maximum atomic E-state index is 12.5. The summed E-state index contributed by atoms with van der Waals surface area (Å²) in [5.41, 5.74) is 5.34. The number of nitrogens with two attached hydrogens (primary N) is 1. The number of halogens is 4. The van der Waals surface area contributed by atoms with Gasteiger partial charge in [-0.3, -0.25) is 0 Å². The van der Waals surface area contributed by atoms with Gasteiger partial charge in [-0.05, 0) is 17.7 Å². The molecule has 0 amide bonds. The average Bonchev–Trinajstić information content (AvgIpc) is 2.27. The van der Waals surface area contributed by atoms with Crippen LogP contribution in [-0.4, -0.2) is 11.7 Å². The van der Waals surface area contributed by atoms with Crippen LogP contribution in [0.2, 0.25) is 0 Å². The fourth-order valence-electron chi connectivity index (χ4n) is 1.16. The summed E-state index contributed by atoms with van der Waals surface area (Å²) in [5, 5.41) is 0. The molecular weight excluding hydrogens is 273 g/mol. The van der Waals surface area contributed by atoms with Gasteiger partial charge in [0.25, 0.3) is 0 Å². The molecule has 0 fully saturated rings. The first-order valence-corrected chi connectivity index (χ1v) is 5.75. The first kappa shape index (κ1) is 14.2. The minimum absolute atomic E-state index is 0.0394. The third kappa shape index (κ3) is 3.81. The van der Waals surface area contributed by atoms with Gasteiger partial charge in [-0.25, -0.2) is 4.99 Å². The summed E-state index contributed by atoms with van der Waals surface area (Å²) in [6.45, 7) is 0. The molecule has 1 aromatic rings. The van der Waals surface area contributed by atoms with Gasteiger partial charge in [0.05, 0.1) is 17.1 Å². The summed E-state index contributed by atoms with van der Waals surface area (Å²) < 4.78 is 37.5. The smallest absolute Gasteiger partial charge is 0.386 e. The molecule has 0 aliphatic heterocycles. The zero-order valence-corrected chi connectivity index (χ0v) is 10.3. The van der Waals surface area contributed by atoms with E-state index in [9.17, 15) is 13.2 Å². The molecule has 94 valence electrons. The number of rotatable bonds is 3. The molecule has 0 heterocycles. The Balaban J connectivity index is 3.25. The first-order valence-electron chi connectivity index (χ1n) is 4.58. The summed E-state index contributed by atoms with van der Waals surface area (Å²) >= 11 is 9.44. The Bertz CT molecular complexity index is 432. The first-order chi connectivity index (χ1) is 7.88. The Morgan fingerprint density at radius 1 is 1.41 bits per heavy atom. The number of alkyl halides is 4. The van der Waals surface area contributed by atoms with E-state index in [2.05, 4.69) is 17.6 Å². The summed E-state index contributed by atoms with van der Waals surface area (Å²) in [4.78, 5) is 3.84. The van der Waals surface area contributed by atoms with Crippen molar-refractivity contribution < 1.29 is 13.2 Å². The number of hydrogen-bond donors (Lipinski definition) is 2. The molecule has 2 N–H and O–H groups in total. The van der Waals surface area contributed by atoms with Crippen LogP contribution in [0.4, 0.5) is 18.9 Å². The van der Waals surface area contributed by atoms with E-state index in [4.69, 9.17) is 17.3 Å². The van der Waals surface area contributed by atoms with Gasteiger partial charge in [0, 0.05) is 5.75 Å². The second-order valence-electron chi connectivity index (χ2n) is 3.24. The highest BCUT2D eigenvalue weighted by atomic mass is 35.5. The van der Waals surface area contributed by atoms with Crippen LogP contribution in [0.25, 0.3) is 0 Å². The Kier molecular flexibility index (Phi) is 4.70. The lowest BCUT2D eigenvalue weighted by atomic mass is 10.1. The lowest BCUT2D eigenvalue weighted by Gasteiger charge is -2.10. The maximum Gasteiger partial charge on any atom is 0.416 e. The highest BCUT2D eigenvalue weighted by molar-refractivity contribution is 7.79. The molecule has 7 heteroatoms. The fourth-order valence-corrected chi connectivity index (χ4v) is 1.49. The summed E-state index contributed by atoms with van der Waals surface area (Å²) in [6.07, 6.45) is -4.41. The summed E-state index contributed by atoms with van der Waals surface area (Å²) in [6, 6.07) is 3.25. The quantitative estimate of drug-likeness (QED) is 0.379. The minimum atomic E-state index is -4.41. The van der Waals surface area contributed by atoms with Gasteiger partial charge in [-0.2, -0.15) is 25.8 Å². The van der Waals surface area contributed by atoms with Crippen LogP contribution in [0.3, 0.4) is 0 Å². The van der Waals surface area contributed by atoms with Crippen molar-refractivity contribution in [3.05, 3.63) is 29.3 Å². The van der Waals surface area contributed by atoms with Crippen molar-refractivity contribution in [1.29, 1.82) is 0 Å². The van der Waals surface area contributed by atoms with Crippen LogP contribution < -0.4 is 5.73 Å². The van der Waals surface area contributed by atoms with Crippen LogP contribution in [-0.2, 0) is 11.9 Å². The maximum absolute atomic E-state index is 12.5. The van der Waals surface area contributed by atoms with Crippen LogP contribution in [0.15, 0.2) is 23.2 Å². The van der Waals surface area contributed by atoms with Crippen molar-refractivity contribution >= 4 is 35.8 Å². The van der Waals surface area contributed by atoms with Gasteiger partial charge in [-0.1, -0.05) is 6.07 Å². The molecule has 0 unspecified atom stereocenters. The van der Waals surface area contributed by atoms with Crippen molar-refractivity contribution in [1.82, 2.24) is 0 Å². The van der Waals surface area contributed by atoms with Crippen LogP contribution >= 0.6 is 24.2 Å². The molecule has 2 nitrogen and oxygen atoms in total. The standard InChI is InChI=1S/C10H10ClF3N2S/c11-4-9(15)16-8-3-7(10(12,13)14)2-1-6(8)5-17/h1-3,17H,4-5H2,(H2,15,16). The van der Waals surface area contributed by atoms with E-state index in [1.807, 2.05) is 0 Å². The van der Waals surface area contributed by atoms with Crippen molar-refractivity contribution in [2.45, 2.75) is 11.9 Å². The fraction of sp³-hybridized carbons (Fsp3) is 0.300. The molecular formula is C10H10ClF3N2S. The van der Waals surface area contributed by atoms with E-state index in [0.717, 1.165) is 12.1 Å². The molecule has 0 spiro atoms. The molecule has 1 rings (SSSR count). The molecule has 0 saturated heterocycles. The topological polar surface area (TPSA) is 38.4 Å². The Hall–Kier alpha value is -0.880. The third-order valence-corrected chi connectivity index (χ3v) is 2.60. The Morgan fingerprint density at radius 3 is 2.53 bits per heavy atom. The number of thiol groups is 1.